The summed E-state index contributed by atoms with van der Waals surface area (Å²) < 4.78 is 0. The van der Waals surface area contributed by atoms with E-state index in [1.165, 1.54) is 19.1 Å². The topological polar surface area (TPSA) is 95.6 Å². The van der Waals surface area contributed by atoms with Gasteiger partial charge in [0, 0.05) is 19.0 Å². The Hall–Kier alpha value is -1.01. The second-order valence-corrected chi connectivity index (χ2v) is 4.91. The quantitative estimate of drug-likeness (QED) is 0.620. The van der Waals surface area contributed by atoms with Gasteiger partial charge < -0.3 is 21.3 Å². The maximum Gasteiger partial charge on any atom is 0.216 e. The molecule has 106 valence electrons. The lowest BCUT2D eigenvalue weighted by molar-refractivity contribution is -0.119. The van der Waals surface area contributed by atoms with E-state index in [1.54, 1.807) is 0 Å². The Morgan fingerprint density at radius 2 is 2.00 bits per heavy atom. The molecule has 1 amide bonds. The summed E-state index contributed by atoms with van der Waals surface area (Å²) in [5, 5.41) is 22.6. The first-order chi connectivity index (χ1) is 8.84. The molecule has 5 N–H and O–H groups in total. The molecule has 19 heavy (non-hydrogen) atoms. The second kappa shape index (κ2) is 6.96. The summed E-state index contributed by atoms with van der Waals surface area (Å²) in [4.78, 5) is 10.7. The van der Waals surface area contributed by atoms with Crippen LogP contribution in [0, 0.1) is 0 Å². The highest BCUT2D eigenvalue weighted by Gasteiger charge is 2.22. The molecule has 0 aliphatic rings. The molecular weight excluding hydrogens is 291 g/mol. The van der Waals surface area contributed by atoms with Gasteiger partial charge in [0.2, 0.25) is 5.91 Å². The lowest BCUT2D eigenvalue weighted by Gasteiger charge is -2.20. The molecule has 1 aromatic rings. The summed E-state index contributed by atoms with van der Waals surface area (Å²) in [7, 11) is 0. The van der Waals surface area contributed by atoms with E-state index in [4.69, 9.17) is 28.9 Å². The van der Waals surface area contributed by atoms with Crippen molar-refractivity contribution in [3.8, 4) is 0 Å². The molecule has 0 aliphatic carbocycles. The fourth-order valence-electron chi connectivity index (χ4n) is 1.57. The number of amides is 1. The molecule has 0 fully saturated rings. The molecule has 0 spiro atoms. The predicted octanol–water partition coefficient (Wildman–Crippen LogP) is 1.50. The van der Waals surface area contributed by atoms with Gasteiger partial charge in [-0.1, -0.05) is 29.3 Å². The monoisotopic (exact) mass is 306 g/mol. The molecule has 0 heterocycles. The average molecular weight is 307 g/mol. The summed E-state index contributed by atoms with van der Waals surface area (Å²) in [5.74, 6) is -0.199. The number of hydrogen-bond acceptors (Lipinski definition) is 4. The van der Waals surface area contributed by atoms with E-state index in [0.717, 1.165) is 0 Å². The number of carbonyl (C=O) groups excluding carboxylic acids is 1. The van der Waals surface area contributed by atoms with Crippen LogP contribution in [-0.4, -0.2) is 28.8 Å². The minimum Gasteiger partial charge on any atom is -0.397 e. The smallest absolute Gasteiger partial charge is 0.216 e. The second-order valence-electron chi connectivity index (χ2n) is 4.16. The number of nitrogens with one attached hydrogen (secondary N) is 1. The fourth-order valence-corrected chi connectivity index (χ4v) is 2.02. The van der Waals surface area contributed by atoms with Crippen molar-refractivity contribution < 1.29 is 15.0 Å². The zero-order valence-electron chi connectivity index (χ0n) is 10.4. The zero-order chi connectivity index (χ0) is 14.6. The van der Waals surface area contributed by atoms with Crippen molar-refractivity contribution in [1.29, 1.82) is 0 Å². The Kier molecular flexibility index (Phi) is 5.87. The van der Waals surface area contributed by atoms with Gasteiger partial charge in [-0.2, -0.15) is 0 Å². The van der Waals surface area contributed by atoms with Crippen molar-refractivity contribution in [3.05, 3.63) is 27.7 Å². The van der Waals surface area contributed by atoms with Crippen molar-refractivity contribution in [2.24, 2.45) is 0 Å². The third-order valence-corrected chi connectivity index (χ3v) is 3.55. The Balaban J connectivity index is 2.74. The predicted molar refractivity (Wildman–Crippen MR) is 75.1 cm³/mol. The van der Waals surface area contributed by atoms with Crippen molar-refractivity contribution in [3.63, 3.8) is 0 Å². The van der Waals surface area contributed by atoms with Crippen LogP contribution in [0.1, 0.15) is 25.0 Å². The van der Waals surface area contributed by atoms with Crippen LogP contribution in [0.4, 0.5) is 5.69 Å². The molecule has 1 rings (SSSR count). The summed E-state index contributed by atoms with van der Waals surface area (Å²) >= 11 is 11.8. The summed E-state index contributed by atoms with van der Waals surface area (Å²) in [6, 6.07) is 3.02. The molecule has 0 radical (unpaired) electrons. The SMILES string of the molecule is CC(=O)NCCC(O)C(O)c1ccc(N)c(Cl)c1Cl. The van der Waals surface area contributed by atoms with Crippen LogP contribution in [0.2, 0.25) is 10.0 Å². The highest BCUT2D eigenvalue weighted by Crippen LogP contribution is 2.35. The molecule has 1 aromatic carbocycles. The van der Waals surface area contributed by atoms with Crippen LogP contribution < -0.4 is 11.1 Å². The maximum atomic E-state index is 10.7. The van der Waals surface area contributed by atoms with Gasteiger partial charge in [0.1, 0.15) is 6.10 Å². The molecule has 0 bridgehead atoms. The first-order valence-corrected chi connectivity index (χ1v) is 6.44. The number of hydrogen-bond donors (Lipinski definition) is 4. The Morgan fingerprint density at radius 3 is 2.58 bits per heavy atom. The molecule has 0 aromatic heterocycles. The van der Waals surface area contributed by atoms with E-state index in [0.29, 0.717) is 11.3 Å². The van der Waals surface area contributed by atoms with E-state index in [-0.39, 0.29) is 28.9 Å². The van der Waals surface area contributed by atoms with Gasteiger partial charge in [-0.05, 0) is 12.5 Å². The number of aliphatic hydroxyl groups excluding tert-OH is 2. The van der Waals surface area contributed by atoms with Gasteiger partial charge >= 0.3 is 0 Å². The van der Waals surface area contributed by atoms with Crippen LogP contribution in [0.15, 0.2) is 12.1 Å². The van der Waals surface area contributed by atoms with Crippen molar-refractivity contribution in [2.45, 2.75) is 25.6 Å². The third kappa shape index (κ3) is 4.24. The Morgan fingerprint density at radius 1 is 1.37 bits per heavy atom. The van der Waals surface area contributed by atoms with Crippen molar-refractivity contribution in [1.82, 2.24) is 5.32 Å². The van der Waals surface area contributed by atoms with E-state index in [2.05, 4.69) is 5.32 Å². The van der Waals surface area contributed by atoms with E-state index in [1.807, 2.05) is 0 Å². The molecule has 5 nitrogen and oxygen atoms in total. The van der Waals surface area contributed by atoms with Crippen LogP contribution >= 0.6 is 23.2 Å². The first-order valence-electron chi connectivity index (χ1n) is 5.68. The lowest BCUT2D eigenvalue weighted by atomic mass is 10.0. The number of rotatable bonds is 5. The van der Waals surface area contributed by atoms with Crippen LogP contribution in [0.5, 0.6) is 0 Å². The van der Waals surface area contributed by atoms with Crippen molar-refractivity contribution in [2.75, 3.05) is 12.3 Å². The molecule has 2 atom stereocenters. The highest BCUT2D eigenvalue weighted by atomic mass is 35.5. The van der Waals surface area contributed by atoms with E-state index < -0.39 is 12.2 Å². The van der Waals surface area contributed by atoms with Gasteiger partial charge in [-0.25, -0.2) is 0 Å². The van der Waals surface area contributed by atoms with Crippen molar-refractivity contribution >= 4 is 34.8 Å². The zero-order valence-corrected chi connectivity index (χ0v) is 11.9. The van der Waals surface area contributed by atoms with Gasteiger partial charge in [0.25, 0.3) is 0 Å². The minimum atomic E-state index is -1.20. The number of anilines is 1. The number of carbonyl (C=O) groups is 1. The summed E-state index contributed by atoms with van der Waals surface area (Å²) in [6.07, 6.45) is -2.07. The standard InChI is InChI=1S/C12H16Cl2N2O3/c1-6(17)16-5-4-9(18)12(19)7-2-3-8(15)11(14)10(7)13/h2-3,9,12,18-19H,4-5,15H2,1H3,(H,16,17). The number of nitrogens with two attached hydrogens (primary N) is 1. The Bertz CT molecular complexity index is 469. The third-order valence-electron chi connectivity index (χ3n) is 2.64. The van der Waals surface area contributed by atoms with Gasteiger partial charge in [-0.3, -0.25) is 4.79 Å². The number of halogens is 2. The minimum absolute atomic E-state index is 0.118. The normalized spacial score (nSPS) is 13.9. The molecule has 2 unspecified atom stereocenters. The van der Waals surface area contributed by atoms with Gasteiger partial charge in [0.05, 0.1) is 21.8 Å². The number of aliphatic hydroxyl groups is 2. The van der Waals surface area contributed by atoms with Crippen LogP contribution in [0.25, 0.3) is 0 Å². The molecular formula is C12H16Cl2N2O3. The molecule has 0 aliphatic heterocycles. The molecule has 0 saturated heterocycles. The van der Waals surface area contributed by atoms with Gasteiger partial charge in [-0.15, -0.1) is 0 Å². The van der Waals surface area contributed by atoms with E-state index in [9.17, 15) is 15.0 Å². The van der Waals surface area contributed by atoms with Gasteiger partial charge in [0.15, 0.2) is 0 Å². The average Bonchev–Trinajstić information content (AvgIpc) is 2.35. The largest absolute Gasteiger partial charge is 0.397 e. The lowest BCUT2D eigenvalue weighted by Crippen LogP contribution is -2.27. The first kappa shape index (κ1) is 16.0. The van der Waals surface area contributed by atoms with Crippen LogP contribution in [-0.2, 0) is 4.79 Å². The Labute approximate surface area is 121 Å². The number of benzene rings is 1. The number of nitrogen functional groups attached to an aromatic ring is 1. The molecule has 0 saturated carbocycles. The van der Waals surface area contributed by atoms with Crippen LogP contribution in [0.3, 0.4) is 0 Å². The molecule has 7 heteroatoms. The van der Waals surface area contributed by atoms with E-state index >= 15 is 0 Å². The summed E-state index contributed by atoms with van der Waals surface area (Å²) in [6.45, 7) is 1.63. The highest BCUT2D eigenvalue weighted by molar-refractivity contribution is 6.44. The summed E-state index contributed by atoms with van der Waals surface area (Å²) in [5.41, 5.74) is 6.17. The maximum absolute atomic E-state index is 10.7. The fraction of sp³-hybridized carbons (Fsp3) is 0.417.